The lowest BCUT2D eigenvalue weighted by atomic mass is 9.99. The Morgan fingerprint density at radius 3 is 2.78 bits per heavy atom. The number of aryl methyl sites for hydroxylation is 1. The van der Waals surface area contributed by atoms with Gasteiger partial charge in [-0.15, -0.1) is 0 Å². The highest BCUT2D eigenvalue weighted by atomic mass is 16.5. The van der Waals surface area contributed by atoms with E-state index in [1.54, 1.807) is 7.11 Å². The molecule has 1 aliphatic heterocycles. The van der Waals surface area contributed by atoms with Gasteiger partial charge in [0.15, 0.2) is 0 Å². The number of methoxy groups -OCH3 is 1. The van der Waals surface area contributed by atoms with Gasteiger partial charge in [0.25, 0.3) is 0 Å². The molecule has 1 saturated heterocycles. The zero-order valence-electron chi connectivity index (χ0n) is 11.7. The van der Waals surface area contributed by atoms with Crippen molar-refractivity contribution in [1.29, 1.82) is 0 Å². The summed E-state index contributed by atoms with van der Waals surface area (Å²) in [5, 5.41) is 0. The third kappa shape index (κ3) is 2.40. The normalized spacial score (nSPS) is 19.9. The first-order valence-electron chi connectivity index (χ1n) is 6.90. The van der Waals surface area contributed by atoms with Crippen LogP contribution in [-0.4, -0.2) is 19.7 Å². The van der Waals surface area contributed by atoms with E-state index in [2.05, 4.69) is 30.9 Å². The Morgan fingerprint density at radius 2 is 2.17 bits per heavy atom. The number of nitrogens with two attached hydrogens (primary N) is 1. The maximum absolute atomic E-state index is 6.00. The topological polar surface area (TPSA) is 38.5 Å². The molecular formula is C15H24N2O. The standard InChI is InChI=1S/C15H24N2O/c1-4-12-9-13(16)15(18-3)10-14(12)17-8-6-5-7-11(17)2/h9-11H,4-8,16H2,1-3H3. The van der Waals surface area contributed by atoms with Gasteiger partial charge in [0.2, 0.25) is 0 Å². The second kappa shape index (κ2) is 5.51. The van der Waals surface area contributed by atoms with Crippen molar-refractivity contribution in [2.75, 3.05) is 24.3 Å². The fourth-order valence-electron chi connectivity index (χ4n) is 2.82. The molecule has 18 heavy (non-hydrogen) atoms. The molecule has 3 heteroatoms. The minimum atomic E-state index is 0.609. The summed E-state index contributed by atoms with van der Waals surface area (Å²) in [5.74, 6) is 0.792. The summed E-state index contributed by atoms with van der Waals surface area (Å²) in [6.07, 6.45) is 4.90. The maximum Gasteiger partial charge on any atom is 0.143 e. The number of piperidine rings is 1. The molecule has 1 unspecified atom stereocenters. The van der Waals surface area contributed by atoms with E-state index in [0.29, 0.717) is 6.04 Å². The van der Waals surface area contributed by atoms with Crippen LogP contribution in [0.15, 0.2) is 12.1 Å². The number of ether oxygens (including phenoxy) is 1. The first kappa shape index (κ1) is 13.1. The van der Waals surface area contributed by atoms with Crippen LogP contribution in [0.3, 0.4) is 0 Å². The van der Waals surface area contributed by atoms with Gasteiger partial charge in [-0.25, -0.2) is 0 Å². The van der Waals surface area contributed by atoms with Gasteiger partial charge in [-0.1, -0.05) is 6.92 Å². The molecule has 0 saturated carbocycles. The number of benzene rings is 1. The summed E-state index contributed by atoms with van der Waals surface area (Å²) >= 11 is 0. The first-order valence-corrected chi connectivity index (χ1v) is 6.90. The molecule has 1 fully saturated rings. The third-order valence-electron chi connectivity index (χ3n) is 3.92. The predicted octanol–water partition coefficient (Wildman–Crippen LogP) is 3.22. The van der Waals surface area contributed by atoms with Crippen molar-refractivity contribution >= 4 is 11.4 Å². The highest BCUT2D eigenvalue weighted by Gasteiger charge is 2.21. The number of anilines is 2. The van der Waals surface area contributed by atoms with E-state index >= 15 is 0 Å². The molecule has 2 rings (SSSR count). The maximum atomic E-state index is 6.00. The molecule has 1 aliphatic rings. The highest BCUT2D eigenvalue weighted by Crippen LogP contribution is 2.35. The molecular weight excluding hydrogens is 224 g/mol. The molecule has 2 N–H and O–H groups in total. The van der Waals surface area contributed by atoms with Crippen molar-refractivity contribution in [3.63, 3.8) is 0 Å². The van der Waals surface area contributed by atoms with Crippen molar-refractivity contribution < 1.29 is 4.74 Å². The Hall–Kier alpha value is -1.38. The minimum Gasteiger partial charge on any atom is -0.495 e. The van der Waals surface area contributed by atoms with Crippen LogP contribution in [0.1, 0.15) is 38.7 Å². The number of nitrogens with zero attached hydrogens (tertiary/aromatic N) is 1. The Balaban J connectivity index is 2.40. The van der Waals surface area contributed by atoms with Crippen molar-refractivity contribution in [2.24, 2.45) is 0 Å². The molecule has 1 heterocycles. The van der Waals surface area contributed by atoms with E-state index in [-0.39, 0.29) is 0 Å². The highest BCUT2D eigenvalue weighted by molar-refractivity contribution is 5.67. The molecule has 1 aromatic rings. The molecule has 1 aromatic carbocycles. The summed E-state index contributed by atoms with van der Waals surface area (Å²) in [4.78, 5) is 2.50. The number of hydrogen-bond donors (Lipinski definition) is 1. The number of hydrogen-bond acceptors (Lipinski definition) is 3. The average Bonchev–Trinajstić information content (AvgIpc) is 2.39. The van der Waals surface area contributed by atoms with Crippen LogP contribution in [-0.2, 0) is 6.42 Å². The molecule has 0 amide bonds. The zero-order chi connectivity index (χ0) is 13.1. The molecule has 100 valence electrons. The summed E-state index contributed by atoms with van der Waals surface area (Å²) in [7, 11) is 1.68. The van der Waals surface area contributed by atoms with Crippen LogP contribution in [0.25, 0.3) is 0 Å². The molecule has 3 nitrogen and oxygen atoms in total. The van der Waals surface area contributed by atoms with Crippen LogP contribution >= 0.6 is 0 Å². The summed E-state index contributed by atoms with van der Waals surface area (Å²) in [6, 6.07) is 4.78. The smallest absolute Gasteiger partial charge is 0.143 e. The lowest BCUT2D eigenvalue weighted by Gasteiger charge is -2.37. The lowest BCUT2D eigenvalue weighted by Crippen LogP contribution is -2.38. The summed E-state index contributed by atoms with van der Waals surface area (Å²) in [5.41, 5.74) is 9.36. The monoisotopic (exact) mass is 248 g/mol. The second-order valence-corrected chi connectivity index (χ2v) is 5.11. The van der Waals surface area contributed by atoms with Gasteiger partial charge in [-0.3, -0.25) is 0 Å². The van der Waals surface area contributed by atoms with Gasteiger partial charge in [-0.05, 0) is 44.2 Å². The Morgan fingerprint density at radius 1 is 1.39 bits per heavy atom. The fourth-order valence-corrected chi connectivity index (χ4v) is 2.82. The molecule has 0 bridgehead atoms. The third-order valence-corrected chi connectivity index (χ3v) is 3.92. The van der Waals surface area contributed by atoms with Gasteiger partial charge < -0.3 is 15.4 Å². The summed E-state index contributed by atoms with van der Waals surface area (Å²) in [6.45, 7) is 5.63. The molecule has 0 aliphatic carbocycles. The molecule has 0 spiro atoms. The van der Waals surface area contributed by atoms with Gasteiger partial charge in [-0.2, -0.15) is 0 Å². The number of rotatable bonds is 3. The first-order chi connectivity index (χ1) is 8.67. The predicted molar refractivity (Wildman–Crippen MR) is 77.4 cm³/mol. The molecule has 1 atom stereocenters. The second-order valence-electron chi connectivity index (χ2n) is 5.11. The lowest BCUT2D eigenvalue weighted by molar-refractivity contribution is 0.416. The Labute approximate surface area is 110 Å². The average molecular weight is 248 g/mol. The van der Waals surface area contributed by atoms with Crippen LogP contribution in [0.4, 0.5) is 11.4 Å². The zero-order valence-corrected chi connectivity index (χ0v) is 11.7. The SMILES string of the molecule is CCc1cc(N)c(OC)cc1N1CCCCC1C. The molecule has 0 radical (unpaired) electrons. The van der Waals surface area contributed by atoms with E-state index in [1.807, 2.05) is 0 Å². The van der Waals surface area contributed by atoms with Gasteiger partial charge >= 0.3 is 0 Å². The van der Waals surface area contributed by atoms with E-state index < -0.39 is 0 Å². The van der Waals surface area contributed by atoms with Crippen LogP contribution < -0.4 is 15.4 Å². The van der Waals surface area contributed by atoms with Crippen molar-refractivity contribution in [1.82, 2.24) is 0 Å². The van der Waals surface area contributed by atoms with E-state index in [9.17, 15) is 0 Å². The van der Waals surface area contributed by atoms with Crippen LogP contribution in [0.2, 0.25) is 0 Å². The van der Waals surface area contributed by atoms with Gasteiger partial charge in [0, 0.05) is 24.3 Å². The molecule has 0 aromatic heterocycles. The number of nitrogen functional groups attached to an aromatic ring is 1. The van der Waals surface area contributed by atoms with E-state index in [4.69, 9.17) is 10.5 Å². The van der Waals surface area contributed by atoms with Crippen LogP contribution in [0.5, 0.6) is 5.75 Å². The van der Waals surface area contributed by atoms with Gasteiger partial charge in [0.1, 0.15) is 5.75 Å². The quantitative estimate of drug-likeness (QED) is 0.835. The van der Waals surface area contributed by atoms with E-state index in [1.165, 1.54) is 30.5 Å². The van der Waals surface area contributed by atoms with Crippen molar-refractivity contribution in [3.8, 4) is 5.75 Å². The largest absolute Gasteiger partial charge is 0.495 e. The Kier molecular flexibility index (Phi) is 4.00. The van der Waals surface area contributed by atoms with Crippen molar-refractivity contribution in [2.45, 2.75) is 45.6 Å². The Bertz CT molecular complexity index is 417. The minimum absolute atomic E-state index is 0.609. The van der Waals surface area contributed by atoms with Crippen LogP contribution in [0, 0.1) is 0 Å². The fraction of sp³-hybridized carbons (Fsp3) is 0.600. The summed E-state index contributed by atoms with van der Waals surface area (Å²) < 4.78 is 5.36. The van der Waals surface area contributed by atoms with E-state index in [0.717, 1.165) is 24.4 Å². The van der Waals surface area contributed by atoms with Crippen molar-refractivity contribution in [3.05, 3.63) is 17.7 Å². The van der Waals surface area contributed by atoms with Gasteiger partial charge in [0.05, 0.1) is 12.8 Å².